The molecule has 0 radical (unpaired) electrons. The average Bonchev–Trinajstić information content (AvgIpc) is 2.52. The van der Waals surface area contributed by atoms with Gasteiger partial charge in [0.15, 0.2) is 5.78 Å². The van der Waals surface area contributed by atoms with Crippen LogP contribution in [0.1, 0.15) is 25.3 Å². The van der Waals surface area contributed by atoms with Crippen LogP contribution in [0.3, 0.4) is 0 Å². The van der Waals surface area contributed by atoms with Gasteiger partial charge in [0.1, 0.15) is 12.6 Å². The molecule has 0 saturated carbocycles. The van der Waals surface area contributed by atoms with Crippen molar-refractivity contribution in [2.45, 2.75) is 37.8 Å². The number of nitrogens with two attached hydrogens (primary N) is 1. The van der Waals surface area contributed by atoms with Gasteiger partial charge in [0.05, 0.1) is 21.1 Å². The predicted octanol–water partition coefficient (Wildman–Crippen LogP) is 0.0855. The zero-order valence-electron chi connectivity index (χ0n) is 16.3. The van der Waals surface area contributed by atoms with E-state index < -0.39 is 35.8 Å². The first-order chi connectivity index (χ1) is 12.0. The number of carboxylic acid groups (broad SMARTS) is 1. The van der Waals surface area contributed by atoms with Gasteiger partial charge in [-0.15, -0.1) is 12.4 Å². The fraction of sp³-hybridized carbons (Fsp3) is 0.526. The summed E-state index contributed by atoms with van der Waals surface area (Å²) in [6.07, 6.45) is -0.431. The van der Waals surface area contributed by atoms with E-state index in [2.05, 4.69) is 0 Å². The number of aliphatic carboxylic acids is 1. The van der Waals surface area contributed by atoms with E-state index in [-0.39, 0.29) is 36.3 Å². The first-order valence-electron chi connectivity index (χ1n) is 8.55. The summed E-state index contributed by atoms with van der Waals surface area (Å²) in [7, 11) is 5.35. The molecule has 1 rings (SSSR count). The van der Waals surface area contributed by atoms with Gasteiger partial charge in [0.25, 0.3) is 0 Å². The van der Waals surface area contributed by atoms with Crippen LogP contribution in [0.4, 0.5) is 0 Å². The number of nitrogens with zero attached hydrogens (tertiary/aromatic N) is 1. The molecular weight excluding hydrogens is 372 g/mol. The van der Waals surface area contributed by atoms with E-state index in [4.69, 9.17) is 10.5 Å². The van der Waals surface area contributed by atoms with Crippen LogP contribution in [0.25, 0.3) is 0 Å². The number of carboxylic acids is 1. The summed E-state index contributed by atoms with van der Waals surface area (Å²) >= 11 is 0. The van der Waals surface area contributed by atoms with Gasteiger partial charge >= 0.3 is 5.97 Å². The number of Topliss-reactive ketones (excluding diaryl/α,β-unsaturated/α-hetero) is 1. The summed E-state index contributed by atoms with van der Waals surface area (Å²) in [6.45, 7) is 1.61. The molecule has 0 aliphatic heterocycles. The number of ether oxygens (including phenoxy) is 1. The highest BCUT2D eigenvalue weighted by Crippen LogP contribution is 2.24. The largest absolute Gasteiger partial charge is 0.550 e. The van der Waals surface area contributed by atoms with Gasteiger partial charge in [0.2, 0.25) is 5.60 Å². The minimum absolute atomic E-state index is 0. The molecule has 152 valence electrons. The van der Waals surface area contributed by atoms with Crippen molar-refractivity contribution in [3.8, 4) is 0 Å². The number of quaternary nitrogens is 1. The topological polar surface area (TPSA) is 110 Å². The number of benzene rings is 1. The molecule has 2 N–H and O–H groups in total. The maximum Gasteiger partial charge on any atom is 0.324 e. The minimum Gasteiger partial charge on any atom is -0.550 e. The number of halogens is 1. The maximum atomic E-state index is 12.5. The van der Waals surface area contributed by atoms with Gasteiger partial charge in [0, 0.05) is 18.8 Å². The molecule has 0 aromatic heterocycles. The lowest BCUT2D eigenvalue weighted by Gasteiger charge is -2.38. The summed E-state index contributed by atoms with van der Waals surface area (Å²) in [6, 6.07) is 8.14. The van der Waals surface area contributed by atoms with Crippen LogP contribution in [0, 0.1) is 0 Å². The summed E-state index contributed by atoms with van der Waals surface area (Å²) in [5.41, 5.74) is 4.99. The standard InChI is InChI=1S/C19H28N2O5.ClH/c1-5-16(22)19(12-17(23)24,13-21(2,3)4)26-18(25)15(20)11-14-9-7-6-8-10-14;/h6-10,15H,5,11-13,20H2,1-4H3;1H/t15-,19+;/m0./s1. The van der Waals surface area contributed by atoms with Crippen molar-refractivity contribution in [1.82, 2.24) is 0 Å². The van der Waals surface area contributed by atoms with Gasteiger partial charge in [-0.05, 0) is 12.0 Å². The molecule has 27 heavy (non-hydrogen) atoms. The van der Waals surface area contributed by atoms with Gasteiger partial charge in [-0.3, -0.25) is 9.59 Å². The van der Waals surface area contributed by atoms with Gasteiger partial charge in [-0.1, -0.05) is 37.3 Å². The van der Waals surface area contributed by atoms with Crippen LogP contribution in [-0.2, 0) is 25.5 Å². The van der Waals surface area contributed by atoms with Crippen LogP contribution >= 0.6 is 12.4 Å². The van der Waals surface area contributed by atoms with Crippen LogP contribution in [0.5, 0.6) is 0 Å². The number of esters is 1. The molecule has 1 aromatic rings. The fourth-order valence-electron chi connectivity index (χ4n) is 2.91. The van der Waals surface area contributed by atoms with E-state index in [0.717, 1.165) is 5.56 Å². The molecule has 7 nitrogen and oxygen atoms in total. The molecule has 0 fully saturated rings. The zero-order valence-corrected chi connectivity index (χ0v) is 17.1. The highest BCUT2D eigenvalue weighted by atomic mass is 35.5. The van der Waals surface area contributed by atoms with Crippen molar-refractivity contribution in [1.29, 1.82) is 0 Å². The van der Waals surface area contributed by atoms with Crippen molar-refractivity contribution in [3.63, 3.8) is 0 Å². The Bertz CT molecular complexity index is 645. The highest BCUT2D eigenvalue weighted by Gasteiger charge is 2.46. The minimum atomic E-state index is -1.79. The second kappa shape index (κ2) is 10.4. The van der Waals surface area contributed by atoms with Crippen LogP contribution < -0.4 is 10.8 Å². The molecule has 0 heterocycles. The second-order valence-corrected chi connectivity index (χ2v) is 7.49. The zero-order chi connectivity index (χ0) is 20.0. The Morgan fingerprint density at radius 1 is 1.19 bits per heavy atom. The molecule has 0 unspecified atom stereocenters. The van der Waals surface area contributed by atoms with Crippen LogP contribution in [-0.4, -0.2) is 61.5 Å². The normalized spacial score (nSPS) is 14.4. The monoisotopic (exact) mass is 400 g/mol. The first kappa shape index (κ1) is 25.0. The Hall–Kier alpha value is -1.96. The van der Waals surface area contributed by atoms with E-state index >= 15 is 0 Å². The number of hydrogen-bond donors (Lipinski definition) is 1. The maximum absolute atomic E-state index is 12.5. The number of carbonyl (C=O) groups is 3. The summed E-state index contributed by atoms with van der Waals surface area (Å²) in [5, 5.41) is 11.3. The number of rotatable bonds is 10. The fourth-order valence-corrected chi connectivity index (χ4v) is 2.91. The third-order valence-corrected chi connectivity index (χ3v) is 3.89. The third-order valence-electron chi connectivity index (χ3n) is 3.89. The lowest BCUT2D eigenvalue weighted by Crippen LogP contribution is -2.59. The Morgan fingerprint density at radius 2 is 1.74 bits per heavy atom. The summed E-state index contributed by atoms with van der Waals surface area (Å²) in [4.78, 5) is 36.3. The van der Waals surface area contributed by atoms with Gasteiger partial charge in [-0.2, -0.15) is 0 Å². The Morgan fingerprint density at radius 3 is 2.19 bits per heavy atom. The Kier molecular flexibility index (Phi) is 9.64. The molecule has 2 atom stereocenters. The molecule has 0 aliphatic rings. The number of likely N-dealkylation sites (N-methyl/N-ethyl adjacent to an activating group) is 1. The van der Waals surface area contributed by atoms with E-state index in [9.17, 15) is 19.5 Å². The average molecular weight is 401 g/mol. The number of carbonyl (C=O) groups excluding carboxylic acids is 3. The summed E-state index contributed by atoms with van der Waals surface area (Å²) in [5.74, 6) is -2.72. The van der Waals surface area contributed by atoms with Crippen LogP contribution in [0.2, 0.25) is 0 Å². The molecule has 0 amide bonds. The van der Waals surface area contributed by atoms with Crippen molar-refractivity contribution in [3.05, 3.63) is 35.9 Å². The Labute approximate surface area is 166 Å². The molecule has 0 saturated heterocycles. The highest BCUT2D eigenvalue weighted by molar-refractivity contribution is 5.93. The van der Waals surface area contributed by atoms with Gasteiger partial charge in [-0.25, -0.2) is 0 Å². The molecule has 0 spiro atoms. The summed E-state index contributed by atoms with van der Waals surface area (Å²) < 4.78 is 5.70. The predicted molar refractivity (Wildman–Crippen MR) is 102 cm³/mol. The van der Waals surface area contributed by atoms with Crippen molar-refractivity contribution in [2.24, 2.45) is 5.73 Å². The first-order valence-corrected chi connectivity index (χ1v) is 8.55. The van der Waals surface area contributed by atoms with Gasteiger partial charge < -0.3 is 24.9 Å². The quantitative estimate of drug-likeness (QED) is 0.440. The Balaban J connectivity index is 0.00000676. The molecular formula is C19H29ClN2O5. The number of ketones is 1. The molecule has 0 bridgehead atoms. The van der Waals surface area contributed by atoms with E-state index in [1.54, 1.807) is 28.1 Å². The van der Waals surface area contributed by atoms with Crippen molar-refractivity contribution < 1.29 is 28.7 Å². The van der Waals surface area contributed by atoms with E-state index in [1.165, 1.54) is 0 Å². The lowest BCUT2D eigenvalue weighted by molar-refractivity contribution is -0.875. The van der Waals surface area contributed by atoms with Crippen molar-refractivity contribution >= 4 is 30.1 Å². The van der Waals surface area contributed by atoms with E-state index in [1.807, 2.05) is 30.3 Å². The smallest absolute Gasteiger partial charge is 0.324 e. The molecule has 8 heteroatoms. The third kappa shape index (κ3) is 8.07. The van der Waals surface area contributed by atoms with Crippen LogP contribution in [0.15, 0.2) is 30.3 Å². The SMILES string of the molecule is CCC(=O)[C@@](CC(=O)[O-])(C[N+](C)(C)C)OC(=O)[C@@H](N)Cc1ccccc1.Cl. The number of hydrogen-bond acceptors (Lipinski definition) is 6. The second-order valence-electron chi connectivity index (χ2n) is 7.49. The van der Waals surface area contributed by atoms with E-state index in [0.29, 0.717) is 0 Å². The molecule has 1 aromatic carbocycles. The molecule has 0 aliphatic carbocycles. The lowest BCUT2D eigenvalue weighted by atomic mass is 9.90. The van der Waals surface area contributed by atoms with Crippen molar-refractivity contribution in [2.75, 3.05) is 27.7 Å².